The fourth-order valence-electron chi connectivity index (χ4n) is 1.58. The maximum Gasteiger partial charge on any atom is 0.315 e. The highest BCUT2D eigenvalue weighted by atomic mass is 16.4. The van der Waals surface area contributed by atoms with E-state index in [0.717, 1.165) is 0 Å². The summed E-state index contributed by atoms with van der Waals surface area (Å²) >= 11 is 0. The van der Waals surface area contributed by atoms with Gasteiger partial charge in [-0.15, -0.1) is 0 Å². The van der Waals surface area contributed by atoms with E-state index in [1.807, 2.05) is 18.4 Å². The zero-order valence-electron chi connectivity index (χ0n) is 11.2. The lowest BCUT2D eigenvalue weighted by Gasteiger charge is -2.20. The number of carbonyl (C=O) groups is 2. The van der Waals surface area contributed by atoms with Gasteiger partial charge in [0.25, 0.3) is 0 Å². The first kappa shape index (κ1) is 15.0. The lowest BCUT2D eigenvalue weighted by molar-refractivity contribution is -0.137. The fourth-order valence-corrected chi connectivity index (χ4v) is 1.58. The normalized spacial score (nSPS) is 12.2. The predicted molar refractivity (Wildman–Crippen MR) is 69.6 cm³/mol. The van der Waals surface area contributed by atoms with E-state index in [1.165, 1.54) is 0 Å². The number of aliphatic carboxylic acids is 1. The van der Waals surface area contributed by atoms with Crippen molar-refractivity contribution in [2.45, 2.75) is 32.9 Å². The van der Waals surface area contributed by atoms with Gasteiger partial charge >= 0.3 is 12.0 Å². The number of carboxylic acids is 1. The molecule has 0 fully saturated rings. The summed E-state index contributed by atoms with van der Waals surface area (Å²) in [5.41, 5.74) is 0. The number of rotatable bonds is 7. The molecular weight excluding hydrogens is 248 g/mol. The van der Waals surface area contributed by atoms with Crippen LogP contribution in [0.4, 0.5) is 4.79 Å². The number of nitrogens with one attached hydrogen (secondary N) is 2. The summed E-state index contributed by atoms with van der Waals surface area (Å²) in [6, 6.07) is -0.717. The largest absolute Gasteiger partial charge is 0.481 e. The Labute approximate surface area is 112 Å². The van der Waals surface area contributed by atoms with Gasteiger partial charge in [-0.25, -0.2) is 9.78 Å². The van der Waals surface area contributed by atoms with E-state index < -0.39 is 5.97 Å². The monoisotopic (exact) mass is 268 g/mol. The fraction of sp³-hybridized carbons (Fsp3) is 0.583. The molecule has 0 aliphatic carbocycles. The average molecular weight is 268 g/mol. The number of carboxylic acid groups (broad SMARTS) is 1. The minimum atomic E-state index is -0.919. The number of aromatic nitrogens is 2. The number of carbonyl (C=O) groups excluding carboxylic acids is 1. The van der Waals surface area contributed by atoms with E-state index in [4.69, 9.17) is 5.11 Å². The molecule has 7 nitrogen and oxygen atoms in total. The highest BCUT2D eigenvalue weighted by molar-refractivity contribution is 5.75. The molecule has 1 aromatic heterocycles. The van der Waals surface area contributed by atoms with Crippen molar-refractivity contribution in [3.63, 3.8) is 0 Å². The molecule has 0 aliphatic heterocycles. The molecule has 1 unspecified atom stereocenters. The van der Waals surface area contributed by atoms with Crippen LogP contribution in [0.3, 0.4) is 0 Å². The summed E-state index contributed by atoms with van der Waals surface area (Å²) in [4.78, 5) is 26.2. The van der Waals surface area contributed by atoms with E-state index in [0.29, 0.717) is 13.1 Å². The maximum atomic E-state index is 11.6. The molecule has 3 N–H and O–H groups in total. The quantitative estimate of drug-likeness (QED) is 0.677. The molecule has 0 saturated carbocycles. The van der Waals surface area contributed by atoms with Gasteiger partial charge in [0.2, 0.25) is 0 Å². The Morgan fingerprint density at radius 2 is 2.16 bits per heavy atom. The first-order valence-electron chi connectivity index (χ1n) is 6.21. The van der Waals surface area contributed by atoms with E-state index >= 15 is 0 Å². The van der Waals surface area contributed by atoms with Crippen molar-refractivity contribution in [2.75, 3.05) is 6.54 Å². The first-order valence-corrected chi connectivity index (χ1v) is 6.21. The highest BCUT2D eigenvalue weighted by Gasteiger charge is 2.18. The van der Waals surface area contributed by atoms with Crippen LogP contribution in [0.25, 0.3) is 0 Å². The summed E-state index contributed by atoms with van der Waals surface area (Å²) in [5.74, 6) is -0.854. The lowest BCUT2D eigenvalue weighted by Crippen LogP contribution is -2.46. The second kappa shape index (κ2) is 7.40. The lowest BCUT2D eigenvalue weighted by atomic mass is 10.0. The third-order valence-electron chi connectivity index (χ3n) is 2.73. The molecule has 1 heterocycles. The molecule has 0 saturated heterocycles. The Balaban J connectivity index is 2.29. The van der Waals surface area contributed by atoms with Gasteiger partial charge in [-0.1, -0.05) is 13.8 Å². The Morgan fingerprint density at radius 1 is 1.42 bits per heavy atom. The highest BCUT2D eigenvalue weighted by Crippen LogP contribution is 2.05. The van der Waals surface area contributed by atoms with Crippen molar-refractivity contribution in [3.05, 3.63) is 18.7 Å². The van der Waals surface area contributed by atoms with Crippen molar-refractivity contribution < 1.29 is 14.7 Å². The van der Waals surface area contributed by atoms with Gasteiger partial charge in [-0.2, -0.15) is 0 Å². The molecule has 0 aliphatic rings. The third kappa shape index (κ3) is 5.89. The van der Waals surface area contributed by atoms with Crippen LogP contribution in [-0.2, 0) is 11.3 Å². The van der Waals surface area contributed by atoms with E-state index in [1.54, 1.807) is 18.7 Å². The smallest absolute Gasteiger partial charge is 0.315 e. The van der Waals surface area contributed by atoms with E-state index in [2.05, 4.69) is 15.6 Å². The molecule has 2 amide bonds. The Bertz CT molecular complexity index is 403. The molecule has 1 aromatic rings. The van der Waals surface area contributed by atoms with Crippen LogP contribution in [0, 0.1) is 5.92 Å². The van der Waals surface area contributed by atoms with Gasteiger partial charge in [-0.3, -0.25) is 4.79 Å². The maximum absolute atomic E-state index is 11.6. The molecule has 1 rings (SSSR count). The molecular formula is C12H20N4O3. The van der Waals surface area contributed by atoms with Gasteiger partial charge in [0.15, 0.2) is 0 Å². The molecule has 0 aromatic carbocycles. The molecule has 7 heteroatoms. The number of urea groups is 1. The SMILES string of the molecule is CC(C)C(CC(=O)O)NC(=O)NCCn1ccnc1. The Hall–Kier alpha value is -2.05. The molecule has 0 bridgehead atoms. The number of amides is 2. The second-order valence-corrected chi connectivity index (χ2v) is 4.65. The van der Waals surface area contributed by atoms with Crippen molar-refractivity contribution in [3.8, 4) is 0 Å². The zero-order chi connectivity index (χ0) is 14.3. The van der Waals surface area contributed by atoms with Gasteiger partial charge in [0, 0.05) is 31.5 Å². The van der Waals surface area contributed by atoms with Gasteiger partial charge < -0.3 is 20.3 Å². The average Bonchev–Trinajstić information content (AvgIpc) is 2.80. The third-order valence-corrected chi connectivity index (χ3v) is 2.73. The Morgan fingerprint density at radius 3 is 2.68 bits per heavy atom. The topological polar surface area (TPSA) is 96.3 Å². The van der Waals surface area contributed by atoms with Gasteiger partial charge in [0.05, 0.1) is 12.7 Å². The minimum absolute atomic E-state index is 0.0653. The number of hydrogen-bond acceptors (Lipinski definition) is 3. The second-order valence-electron chi connectivity index (χ2n) is 4.65. The van der Waals surface area contributed by atoms with Crippen LogP contribution in [-0.4, -0.2) is 39.2 Å². The number of nitrogens with zero attached hydrogens (tertiary/aromatic N) is 2. The molecule has 0 spiro atoms. The molecule has 106 valence electrons. The van der Waals surface area contributed by atoms with E-state index in [-0.39, 0.29) is 24.4 Å². The van der Waals surface area contributed by atoms with Crippen molar-refractivity contribution in [2.24, 2.45) is 5.92 Å². The van der Waals surface area contributed by atoms with Gasteiger partial charge in [0.1, 0.15) is 0 Å². The molecule has 19 heavy (non-hydrogen) atoms. The number of imidazole rings is 1. The van der Waals surface area contributed by atoms with Gasteiger partial charge in [-0.05, 0) is 5.92 Å². The summed E-state index contributed by atoms with van der Waals surface area (Å²) in [6.45, 7) is 4.83. The zero-order valence-corrected chi connectivity index (χ0v) is 11.2. The summed E-state index contributed by atoms with van der Waals surface area (Å²) in [6.07, 6.45) is 5.07. The van der Waals surface area contributed by atoms with Crippen LogP contribution >= 0.6 is 0 Å². The predicted octanol–water partition coefficient (Wildman–Crippen LogP) is 0.682. The summed E-state index contributed by atoms with van der Waals surface area (Å²) in [5, 5.41) is 14.1. The van der Waals surface area contributed by atoms with Crippen LogP contribution in [0.5, 0.6) is 0 Å². The minimum Gasteiger partial charge on any atom is -0.481 e. The summed E-state index contributed by atoms with van der Waals surface area (Å²) in [7, 11) is 0. The van der Waals surface area contributed by atoms with Crippen molar-refractivity contribution >= 4 is 12.0 Å². The van der Waals surface area contributed by atoms with Crippen LogP contribution in [0.2, 0.25) is 0 Å². The van der Waals surface area contributed by atoms with Crippen molar-refractivity contribution in [1.29, 1.82) is 0 Å². The van der Waals surface area contributed by atoms with Crippen LogP contribution < -0.4 is 10.6 Å². The first-order chi connectivity index (χ1) is 8.99. The van der Waals surface area contributed by atoms with Crippen LogP contribution in [0.1, 0.15) is 20.3 Å². The summed E-state index contributed by atoms with van der Waals surface area (Å²) < 4.78 is 1.84. The molecule has 1 atom stereocenters. The standard InChI is InChI=1S/C12H20N4O3/c1-9(2)10(7-11(17)18)15-12(19)14-4-6-16-5-3-13-8-16/h3,5,8-10H,4,6-7H2,1-2H3,(H,17,18)(H2,14,15,19). The number of hydrogen-bond donors (Lipinski definition) is 3. The Kier molecular flexibility index (Phi) is 5.84. The van der Waals surface area contributed by atoms with Crippen molar-refractivity contribution in [1.82, 2.24) is 20.2 Å². The van der Waals surface area contributed by atoms with E-state index in [9.17, 15) is 9.59 Å². The molecule has 0 radical (unpaired) electrons. The van der Waals surface area contributed by atoms with Crippen LogP contribution in [0.15, 0.2) is 18.7 Å².